The molecule has 1 unspecified atom stereocenters. The maximum atomic E-state index is 5.88. The van der Waals surface area contributed by atoms with Crippen molar-refractivity contribution in [3.8, 4) is 5.19 Å². The third-order valence-electron chi connectivity index (χ3n) is 2.26. The molecule has 1 atom stereocenters. The summed E-state index contributed by atoms with van der Waals surface area (Å²) in [6.07, 6.45) is 0.0893. The number of hydrogen-bond acceptors (Lipinski definition) is 5. The number of ether oxygens (including phenoxy) is 2. The van der Waals surface area contributed by atoms with Crippen LogP contribution in [0.3, 0.4) is 0 Å². The lowest BCUT2D eigenvalue weighted by atomic mass is 10.1. The molecule has 1 N–H and O–H groups in total. The number of thiazole rings is 1. The molecule has 1 aromatic heterocycles. The molecule has 4 nitrogen and oxygen atoms in total. The molecule has 0 aliphatic carbocycles. The number of nitrogens with one attached hydrogen (secondary N) is 1. The van der Waals surface area contributed by atoms with Crippen LogP contribution in [0.5, 0.6) is 5.19 Å². The molecule has 0 amide bonds. The second-order valence-corrected chi connectivity index (χ2v) is 6.01. The Bertz CT molecular complexity index is 356. The maximum Gasteiger partial charge on any atom is 0.274 e. The van der Waals surface area contributed by atoms with Crippen molar-refractivity contribution < 1.29 is 9.47 Å². The summed E-state index contributed by atoms with van der Waals surface area (Å²) < 4.78 is 12.3. The summed E-state index contributed by atoms with van der Waals surface area (Å²) in [5.74, 6) is 0. The minimum Gasteiger partial charge on any atom is -0.467 e. The molecule has 16 heavy (non-hydrogen) atoms. The van der Waals surface area contributed by atoms with Gasteiger partial charge in [-0.05, 0) is 29.8 Å². The van der Waals surface area contributed by atoms with Crippen molar-refractivity contribution in [3.05, 3.63) is 9.98 Å². The third kappa shape index (κ3) is 3.41. The van der Waals surface area contributed by atoms with E-state index in [1.54, 1.807) is 0 Å². The van der Waals surface area contributed by atoms with Gasteiger partial charge in [0.25, 0.3) is 5.19 Å². The van der Waals surface area contributed by atoms with Gasteiger partial charge in [-0.25, -0.2) is 0 Å². The fourth-order valence-corrected chi connectivity index (χ4v) is 2.73. The normalized spacial score (nSPS) is 24.3. The third-order valence-corrected chi connectivity index (χ3v) is 3.72. The summed E-state index contributed by atoms with van der Waals surface area (Å²) in [6.45, 7) is 6.40. The molecule has 1 fully saturated rings. The minimum atomic E-state index is -0.115. The molecule has 6 heteroatoms. The van der Waals surface area contributed by atoms with Gasteiger partial charge in [0.1, 0.15) is 17.3 Å². The Morgan fingerprint density at radius 1 is 1.75 bits per heavy atom. The number of morpholine rings is 1. The Hall–Kier alpha value is -0.170. The molecule has 2 rings (SSSR count). The molecule has 1 aliphatic heterocycles. The van der Waals surface area contributed by atoms with E-state index in [4.69, 9.17) is 9.47 Å². The van der Waals surface area contributed by atoms with Gasteiger partial charge in [0.05, 0.1) is 5.60 Å². The lowest BCUT2D eigenvalue weighted by molar-refractivity contribution is -0.107. The van der Waals surface area contributed by atoms with Crippen LogP contribution in [-0.4, -0.2) is 36.4 Å². The van der Waals surface area contributed by atoms with E-state index in [0.29, 0.717) is 11.8 Å². The Morgan fingerprint density at radius 3 is 3.19 bits per heavy atom. The van der Waals surface area contributed by atoms with Gasteiger partial charge in [-0.1, -0.05) is 11.3 Å². The molecule has 2 heterocycles. The maximum absolute atomic E-state index is 5.88. The van der Waals surface area contributed by atoms with Crippen LogP contribution in [0.4, 0.5) is 0 Å². The predicted octanol–water partition coefficient (Wildman–Crippen LogP) is 2.05. The number of hydrogen-bond donors (Lipinski definition) is 1. The van der Waals surface area contributed by atoms with Crippen molar-refractivity contribution in [1.82, 2.24) is 10.3 Å². The van der Waals surface area contributed by atoms with E-state index in [1.165, 1.54) is 11.3 Å². The SMILES string of the molecule is CC1(C)CNCC(COc2nc(Br)cs2)O1. The lowest BCUT2D eigenvalue weighted by Gasteiger charge is -2.36. The fourth-order valence-electron chi connectivity index (χ4n) is 1.63. The largest absolute Gasteiger partial charge is 0.467 e. The van der Waals surface area contributed by atoms with Gasteiger partial charge < -0.3 is 14.8 Å². The zero-order valence-corrected chi connectivity index (χ0v) is 11.7. The molecule has 0 spiro atoms. The van der Waals surface area contributed by atoms with E-state index < -0.39 is 0 Å². The number of halogens is 1. The first-order chi connectivity index (χ1) is 7.55. The van der Waals surface area contributed by atoms with Crippen molar-refractivity contribution in [2.24, 2.45) is 0 Å². The van der Waals surface area contributed by atoms with E-state index in [2.05, 4.69) is 40.1 Å². The van der Waals surface area contributed by atoms with Crippen LogP contribution in [0.15, 0.2) is 9.98 Å². The summed E-state index contributed by atoms with van der Waals surface area (Å²) >= 11 is 4.77. The summed E-state index contributed by atoms with van der Waals surface area (Å²) in [5.41, 5.74) is -0.115. The second kappa shape index (κ2) is 5.00. The molecule has 1 saturated heterocycles. The van der Waals surface area contributed by atoms with Crippen molar-refractivity contribution in [1.29, 1.82) is 0 Å². The Kier molecular flexibility index (Phi) is 3.84. The molecular weight excluding hydrogens is 292 g/mol. The zero-order valence-electron chi connectivity index (χ0n) is 9.33. The first kappa shape index (κ1) is 12.3. The molecule has 90 valence electrons. The van der Waals surface area contributed by atoms with Crippen LogP contribution in [0.1, 0.15) is 13.8 Å². The van der Waals surface area contributed by atoms with Crippen LogP contribution in [-0.2, 0) is 4.74 Å². The average molecular weight is 307 g/mol. The van der Waals surface area contributed by atoms with E-state index in [0.717, 1.165) is 17.7 Å². The van der Waals surface area contributed by atoms with Crippen molar-refractivity contribution >= 4 is 27.3 Å². The molecule has 1 aliphatic rings. The number of rotatable bonds is 3. The smallest absolute Gasteiger partial charge is 0.274 e. The van der Waals surface area contributed by atoms with Gasteiger partial charge in [-0.3, -0.25) is 0 Å². The van der Waals surface area contributed by atoms with Crippen molar-refractivity contribution in [2.75, 3.05) is 19.7 Å². The Balaban J connectivity index is 1.82. The number of aromatic nitrogens is 1. The molecule has 1 aromatic rings. The van der Waals surface area contributed by atoms with Crippen molar-refractivity contribution in [2.45, 2.75) is 25.6 Å². The highest BCUT2D eigenvalue weighted by molar-refractivity contribution is 9.10. The van der Waals surface area contributed by atoms with E-state index >= 15 is 0 Å². The highest BCUT2D eigenvalue weighted by Crippen LogP contribution is 2.22. The average Bonchev–Trinajstić information content (AvgIpc) is 2.60. The van der Waals surface area contributed by atoms with Gasteiger partial charge >= 0.3 is 0 Å². The van der Waals surface area contributed by atoms with Gasteiger partial charge in [0.2, 0.25) is 0 Å². The summed E-state index contributed by atoms with van der Waals surface area (Å²) in [5, 5.41) is 5.92. The molecule has 0 radical (unpaired) electrons. The zero-order chi connectivity index (χ0) is 11.6. The monoisotopic (exact) mass is 306 g/mol. The van der Waals surface area contributed by atoms with Gasteiger partial charge in [-0.15, -0.1) is 0 Å². The summed E-state index contributed by atoms with van der Waals surface area (Å²) in [6, 6.07) is 0. The second-order valence-electron chi connectivity index (χ2n) is 4.38. The summed E-state index contributed by atoms with van der Waals surface area (Å²) in [4.78, 5) is 4.17. The Morgan fingerprint density at radius 2 is 2.56 bits per heavy atom. The highest BCUT2D eigenvalue weighted by atomic mass is 79.9. The molecule has 0 saturated carbocycles. The Labute approximate surface area is 107 Å². The fraction of sp³-hybridized carbons (Fsp3) is 0.700. The van der Waals surface area contributed by atoms with Crippen molar-refractivity contribution in [3.63, 3.8) is 0 Å². The van der Waals surface area contributed by atoms with Gasteiger partial charge in [0.15, 0.2) is 0 Å². The van der Waals surface area contributed by atoms with E-state index in [-0.39, 0.29) is 11.7 Å². The minimum absolute atomic E-state index is 0.0893. The highest BCUT2D eigenvalue weighted by Gasteiger charge is 2.28. The van der Waals surface area contributed by atoms with Gasteiger partial charge in [0, 0.05) is 18.5 Å². The molecule has 0 aromatic carbocycles. The van der Waals surface area contributed by atoms with Gasteiger partial charge in [-0.2, -0.15) is 4.98 Å². The first-order valence-electron chi connectivity index (χ1n) is 5.17. The van der Waals surface area contributed by atoms with Crippen LogP contribution in [0.2, 0.25) is 0 Å². The lowest BCUT2D eigenvalue weighted by Crippen LogP contribution is -2.52. The quantitative estimate of drug-likeness (QED) is 0.928. The predicted molar refractivity (Wildman–Crippen MR) is 67.1 cm³/mol. The molecule has 0 bridgehead atoms. The van der Waals surface area contributed by atoms with Crippen LogP contribution >= 0.6 is 27.3 Å². The standard InChI is InChI=1S/C10H15BrN2O2S/c1-10(2)6-12-3-7(15-10)4-14-9-13-8(11)5-16-9/h5,7,12H,3-4,6H2,1-2H3. The van der Waals surface area contributed by atoms with E-state index in [1.807, 2.05) is 5.38 Å². The van der Waals surface area contributed by atoms with Crippen LogP contribution < -0.4 is 10.1 Å². The first-order valence-corrected chi connectivity index (χ1v) is 6.85. The van der Waals surface area contributed by atoms with Crippen LogP contribution in [0, 0.1) is 0 Å². The molecular formula is C10H15BrN2O2S. The topological polar surface area (TPSA) is 43.4 Å². The number of nitrogens with zero attached hydrogens (tertiary/aromatic N) is 1. The van der Waals surface area contributed by atoms with Crippen LogP contribution in [0.25, 0.3) is 0 Å². The van der Waals surface area contributed by atoms with E-state index in [9.17, 15) is 0 Å². The summed E-state index contributed by atoms with van der Waals surface area (Å²) in [7, 11) is 0.